The number of carboxylic acid groups (broad SMARTS) is 1. The summed E-state index contributed by atoms with van der Waals surface area (Å²) >= 11 is 4.70. The molecule has 0 saturated heterocycles. The van der Waals surface area contributed by atoms with Gasteiger partial charge in [-0.15, -0.1) is 11.8 Å². The number of aromatic carboxylic acids is 1. The SMILES string of the molecule is O=C(Nc1cccc(SC(C(=O)Nc2ccc(C(=O)O)cc2)c2ccccc2)c1)/C(=C/c1ccc(Br)cc1)NC(=O)c1ccccc1. The molecule has 3 amide bonds. The number of benzene rings is 5. The molecule has 234 valence electrons. The van der Waals surface area contributed by atoms with E-state index in [0.29, 0.717) is 27.4 Å². The fourth-order valence-corrected chi connectivity index (χ4v) is 5.80. The van der Waals surface area contributed by atoms with Crippen LogP contribution in [0.25, 0.3) is 6.08 Å². The first-order chi connectivity index (χ1) is 22.7. The number of amides is 3. The van der Waals surface area contributed by atoms with E-state index in [2.05, 4.69) is 31.9 Å². The van der Waals surface area contributed by atoms with E-state index < -0.39 is 23.0 Å². The van der Waals surface area contributed by atoms with Crippen molar-refractivity contribution in [1.29, 1.82) is 0 Å². The summed E-state index contributed by atoms with van der Waals surface area (Å²) < 4.78 is 0.877. The number of hydrogen-bond acceptors (Lipinski definition) is 5. The van der Waals surface area contributed by atoms with Crippen molar-refractivity contribution in [2.24, 2.45) is 0 Å². The van der Waals surface area contributed by atoms with Crippen molar-refractivity contribution in [3.8, 4) is 0 Å². The number of nitrogens with one attached hydrogen (secondary N) is 3. The Morgan fingerprint density at radius 1 is 0.681 bits per heavy atom. The highest BCUT2D eigenvalue weighted by Gasteiger charge is 2.23. The lowest BCUT2D eigenvalue weighted by Gasteiger charge is -2.18. The maximum Gasteiger partial charge on any atom is 0.335 e. The maximum absolute atomic E-state index is 13.6. The molecule has 0 bridgehead atoms. The Bertz CT molecular complexity index is 1920. The summed E-state index contributed by atoms with van der Waals surface area (Å²) in [6.07, 6.45) is 1.60. The molecule has 5 aromatic rings. The van der Waals surface area contributed by atoms with E-state index in [1.807, 2.05) is 60.7 Å². The molecule has 5 rings (SSSR count). The van der Waals surface area contributed by atoms with Crippen LogP contribution in [0.5, 0.6) is 0 Å². The average Bonchev–Trinajstić information content (AvgIpc) is 3.09. The summed E-state index contributed by atoms with van der Waals surface area (Å²) in [5.74, 6) is -2.31. The highest BCUT2D eigenvalue weighted by atomic mass is 79.9. The van der Waals surface area contributed by atoms with Crippen LogP contribution in [-0.4, -0.2) is 28.8 Å². The molecule has 0 saturated carbocycles. The van der Waals surface area contributed by atoms with E-state index in [0.717, 1.165) is 10.0 Å². The van der Waals surface area contributed by atoms with E-state index in [1.54, 1.807) is 66.7 Å². The first-order valence-electron chi connectivity index (χ1n) is 14.4. The molecule has 1 atom stereocenters. The second-order valence-corrected chi connectivity index (χ2v) is 12.3. The van der Waals surface area contributed by atoms with Gasteiger partial charge in [0, 0.05) is 26.3 Å². The lowest BCUT2D eigenvalue weighted by atomic mass is 10.1. The van der Waals surface area contributed by atoms with E-state index in [-0.39, 0.29) is 17.2 Å². The molecule has 47 heavy (non-hydrogen) atoms. The number of rotatable bonds is 11. The standard InChI is InChI=1S/C37H28BrN3O5S/c38-28-18-14-24(15-19-28)22-32(41-34(42)26-10-5-2-6-11-26)35(43)40-30-12-7-13-31(23-30)47-33(25-8-3-1-4-9-25)36(44)39-29-20-16-27(17-21-29)37(45)46/h1-23,33H,(H,39,44)(H,40,43)(H,41,42)(H,45,46)/b32-22-. The van der Waals surface area contributed by atoms with Gasteiger partial charge in [-0.2, -0.15) is 0 Å². The molecule has 0 radical (unpaired) electrons. The van der Waals surface area contributed by atoms with Gasteiger partial charge in [0.05, 0.1) is 5.56 Å². The Balaban J connectivity index is 1.36. The van der Waals surface area contributed by atoms with Crippen molar-refractivity contribution in [2.75, 3.05) is 10.6 Å². The van der Waals surface area contributed by atoms with Crippen molar-refractivity contribution in [1.82, 2.24) is 5.32 Å². The Kier molecular flexibility index (Phi) is 11.0. The number of halogens is 1. The molecule has 0 heterocycles. The molecule has 0 aliphatic carbocycles. The molecule has 1 unspecified atom stereocenters. The lowest BCUT2D eigenvalue weighted by molar-refractivity contribution is -0.116. The minimum atomic E-state index is -1.05. The minimum Gasteiger partial charge on any atom is -0.478 e. The molecular weight excluding hydrogens is 678 g/mol. The van der Waals surface area contributed by atoms with Gasteiger partial charge >= 0.3 is 5.97 Å². The Morgan fingerprint density at radius 2 is 1.34 bits per heavy atom. The Labute approximate surface area is 284 Å². The summed E-state index contributed by atoms with van der Waals surface area (Å²) in [6, 6.07) is 38.2. The third-order valence-electron chi connectivity index (χ3n) is 6.80. The maximum atomic E-state index is 13.6. The zero-order valence-corrected chi connectivity index (χ0v) is 27.1. The monoisotopic (exact) mass is 705 g/mol. The highest BCUT2D eigenvalue weighted by molar-refractivity contribution is 9.10. The summed E-state index contributed by atoms with van der Waals surface area (Å²) in [4.78, 5) is 52.0. The van der Waals surface area contributed by atoms with Gasteiger partial charge in [-0.05, 0) is 83.9 Å². The van der Waals surface area contributed by atoms with Crippen LogP contribution in [0.1, 0.15) is 37.1 Å². The molecular formula is C37H28BrN3O5S. The summed E-state index contributed by atoms with van der Waals surface area (Å²) in [5.41, 5.74) is 2.97. The molecule has 0 aliphatic rings. The van der Waals surface area contributed by atoms with Crippen molar-refractivity contribution in [2.45, 2.75) is 10.1 Å². The summed E-state index contributed by atoms with van der Waals surface area (Å²) in [6.45, 7) is 0. The average molecular weight is 707 g/mol. The second-order valence-electron chi connectivity index (χ2n) is 10.2. The third-order valence-corrected chi connectivity index (χ3v) is 8.57. The largest absolute Gasteiger partial charge is 0.478 e. The van der Waals surface area contributed by atoms with E-state index in [4.69, 9.17) is 0 Å². The quantitative estimate of drug-likeness (QED) is 0.0815. The number of carbonyl (C=O) groups excluding carboxylic acids is 3. The van der Waals surface area contributed by atoms with Crippen LogP contribution in [0, 0.1) is 0 Å². The van der Waals surface area contributed by atoms with Gasteiger partial charge in [-0.25, -0.2) is 4.79 Å². The van der Waals surface area contributed by atoms with Crippen LogP contribution in [-0.2, 0) is 9.59 Å². The Hall–Kier alpha value is -5.45. The number of thioether (sulfide) groups is 1. The van der Waals surface area contributed by atoms with Crippen molar-refractivity contribution in [3.63, 3.8) is 0 Å². The van der Waals surface area contributed by atoms with E-state index >= 15 is 0 Å². The van der Waals surface area contributed by atoms with Crippen LogP contribution in [0.4, 0.5) is 11.4 Å². The van der Waals surface area contributed by atoms with Gasteiger partial charge in [0.1, 0.15) is 10.9 Å². The highest BCUT2D eigenvalue weighted by Crippen LogP contribution is 2.37. The van der Waals surface area contributed by atoms with Crippen molar-refractivity contribution in [3.05, 3.63) is 166 Å². The first kappa shape index (κ1) is 32.9. The Morgan fingerprint density at radius 3 is 2.00 bits per heavy atom. The number of hydrogen-bond donors (Lipinski definition) is 4. The number of carboxylic acids is 1. The lowest BCUT2D eigenvalue weighted by Crippen LogP contribution is -2.30. The molecule has 0 aliphatic heterocycles. The first-order valence-corrected chi connectivity index (χ1v) is 16.0. The van der Waals surface area contributed by atoms with Gasteiger partial charge in [0.2, 0.25) is 5.91 Å². The molecule has 10 heteroatoms. The molecule has 0 aromatic heterocycles. The smallest absolute Gasteiger partial charge is 0.335 e. The predicted octanol–water partition coefficient (Wildman–Crippen LogP) is 8.03. The van der Waals surface area contributed by atoms with E-state index in [9.17, 15) is 24.3 Å². The van der Waals surface area contributed by atoms with E-state index in [1.165, 1.54) is 23.9 Å². The topological polar surface area (TPSA) is 125 Å². The fraction of sp³-hybridized carbons (Fsp3) is 0.0270. The molecule has 4 N–H and O–H groups in total. The van der Waals surface area contributed by atoms with Gasteiger partial charge in [-0.1, -0.05) is 82.7 Å². The number of anilines is 2. The van der Waals surface area contributed by atoms with Crippen molar-refractivity contribution >= 4 is 68.8 Å². The molecule has 5 aromatic carbocycles. The van der Waals surface area contributed by atoms with Gasteiger partial charge in [-0.3, -0.25) is 14.4 Å². The van der Waals surface area contributed by atoms with Gasteiger partial charge in [0.25, 0.3) is 11.8 Å². The van der Waals surface area contributed by atoms with Crippen LogP contribution in [0.3, 0.4) is 0 Å². The fourth-order valence-electron chi connectivity index (χ4n) is 4.45. The summed E-state index contributed by atoms with van der Waals surface area (Å²) in [7, 11) is 0. The molecule has 0 fully saturated rings. The summed E-state index contributed by atoms with van der Waals surface area (Å²) in [5, 5.41) is 17.0. The van der Waals surface area contributed by atoms with Crippen LogP contribution < -0.4 is 16.0 Å². The number of carbonyl (C=O) groups is 4. The van der Waals surface area contributed by atoms with Gasteiger partial charge in [0.15, 0.2) is 0 Å². The minimum absolute atomic E-state index is 0.0506. The zero-order chi connectivity index (χ0) is 33.2. The normalized spacial score (nSPS) is 11.6. The zero-order valence-electron chi connectivity index (χ0n) is 24.7. The van der Waals surface area contributed by atoms with Crippen LogP contribution in [0.2, 0.25) is 0 Å². The second kappa shape index (κ2) is 15.7. The van der Waals surface area contributed by atoms with Crippen molar-refractivity contribution < 1.29 is 24.3 Å². The van der Waals surface area contributed by atoms with Crippen LogP contribution in [0.15, 0.2) is 149 Å². The third kappa shape index (κ3) is 9.29. The molecule has 8 nitrogen and oxygen atoms in total. The molecule has 0 spiro atoms. The predicted molar refractivity (Wildman–Crippen MR) is 188 cm³/mol. The van der Waals surface area contributed by atoms with Gasteiger partial charge < -0.3 is 21.1 Å². The van der Waals surface area contributed by atoms with Crippen LogP contribution >= 0.6 is 27.7 Å².